The summed E-state index contributed by atoms with van der Waals surface area (Å²) in [7, 11) is 0. The van der Waals surface area contributed by atoms with Gasteiger partial charge in [0.25, 0.3) is 0 Å². The van der Waals surface area contributed by atoms with Crippen molar-refractivity contribution in [2.45, 2.75) is 58.0 Å². The molecule has 3 rings (SSSR count). The molecule has 21 heavy (non-hydrogen) atoms. The van der Waals surface area contributed by atoms with Gasteiger partial charge < -0.3 is 5.32 Å². The highest BCUT2D eigenvalue weighted by Crippen LogP contribution is 2.35. The monoisotopic (exact) mass is 286 g/mol. The molecule has 0 spiro atoms. The maximum absolute atomic E-state index is 3.87. The zero-order valence-corrected chi connectivity index (χ0v) is 13.5. The van der Waals surface area contributed by atoms with Gasteiger partial charge in [-0.1, -0.05) is 56.5 Å². The van der Waals surface area contributed by atoms with Crippen LogP contribution in [0, 0.1) is 5.41 Å². The molecule has 1 unspecified atom stereocenters. The third-order valence-corrected chi connectivity index (χ3v) is 5.40. The van der Waals surface area contributed by atoms with Crippen LogP contribution in [0.3, 0.4) is 0 Å². The number of likely N-dealkylation sites (tertiary alicyclic amines) is 1. The van der Waals surface area contributed by atoms with Crippen LogP contribution in [0.1, 0.15) is 51.0 Å². The minimum Gasteiger partial charge on any atom is -0.312 e. The van der Waals surface area contributed by atoms with E-state index in [9.17, 15) is 0 Å². The van der Waals surface area contributed by atoms with Gasteiger partial charge in [0.2, 0.25) is 0 Å². The molecular weight excluding hydrogens is 256 g/mol. The largest absolute Gasteiger partial charge is 0.312 e. The highest BCUT2D eigenvalue weighted by molar-refractivity contribution is 5.14. The summed E-state index contributed by atoms with van der Waals surface area (Å²) < 4.78 is 0. The van der Waals surface area contributed by atoms with Gasteiger partial charge in [0, 0.05) is 32.2 Å². The number of hydrogen-bond acceptors (Lipinski definition) is 2. The molecule has 2 heteroatoms. The van der Waals surface area contributed by atoms with Crippen molar-refractivity contribution in [3.05, 3.63) is 35.9 Å². The van der Waals surface area contributed by atoms with E-state index >= 15 is 0 Å². The Bertz CT molecular complexity index is 422. The van der Waals surface area contributed by atoms with Gasteiger partial charge in [-0.25, -0.2) is 0 Å². The summed E-state index contributed by atoms with van der Waals surface area (Å²) in [5, 5.41) is 3.87. The molecule has 1 aliphatic carbocycles. The SMILES string of the molecule is CC1(CNC2CCN(Cc3ccccc3)C2)CCCCC1. The first-order chi connectivity index (χ1) is 10.2. The van der Waals surface area contributed by atoms with E-state index < -0.39 is 0 Å². The lowest BCUT2D eigenvalue weighted by atomic mass is 9.75. The second-order valence-corrected chi connectivity index (χ2v) is 7.46. The summed E-state index contributed by atoms with van der Waals surface area (Å²) in [4.78, 5) is 2.59. The summed E-state index contributed by atoms with van der Waals surface area (Å²) in [5.74, 6) is 0. The van der Waals surface area contributed by atoms with Crippen LogP contribution in [-0.2, 0) is 6.54 Å². The van der Waals surface area contributed by atoms with E-state index in [-0.39, 0.29) is 0 Å². The van der Waals surface area contributed by atoms with Crippen molar-refractivity contribution in [2.75, 3.05) is 19.6 Å². The molecule has 1 saturated heterocycles. The van der Waals surface area contributed by atoms with E-state index in [4.69, 9.17) is 0 Å². The van der Waals surface area contributed by atoms with Gasteiger partial charge in [-0.3, -0.25) is 4.90 Å². The maximum Gasteiger partial charge on any atom is 0.0234 e. The second-order valence-electron chi connectivity index (χ2n) is 7.46. The van der Waals surface area contributed by atoms with Gasteiger partial charge in [-0.2, -0.15) is 0 Å². The number of rotatable bonds is 5. The maximum atomic E-state index is 3.87. The van der Waals surface area contributed by atoms with Crippen molar-refractivity contribution in [1.29, 1.82) is 0 Å². The first-order valence-electron chi connectivity index (χ1n) is 8.73. The van der Waals surface area contributed by atoms with Crippen LogP contribution in [0.2, 0.25) is 0 Å². The van der Waals surface area contributed by atoms with Crippen molar-refractivity contribution in [2.24, 2.45) is 5.41 Å². The fourth-order valence-electron chi connectivity index (χ4n) is 3.96. The van der Waals surface area contributed by atoms with E-state index in [0.29, 0.717) is 11.5 Å². The zero-order chi connectivity index (χ0) is 14.5. The minimum absolute atomic E-state index is 0.561. The average molecular weight is 286 g/mol. The molecule has 0 aromatic heterocycles. The molecule has 1 atom stereocenters. The summed E-state index contributed by atoms with van der Waals surface area (Å²) >= 11 is 0. The Kier molecular flexibility index (Phi) is 4.97. The fraction of sp³-hybridized carbons (Fsp3) is 0.684. The Hall–Kier alpha value is -0.860. The molecule has 0 bridgehead atoms. The average Bonchev–Trinajstić information content (AvgIpc) is 2.95. The van der Waals surface area contributed by atoms with Crippen LogP contribution in [-0.4, -0.2) is 30.6 Å². The normalized spacial score (nSPS) is 26.0. The summed E-state index contributed by atoms with van der Waals surface area (Å²) in [6.45, 7) is 7.26. The van der Waals surface area contributed by atoms with E-state index in [1.54, 1.807) is 0 Å². The molecule has 0 amide bonds. The molecule has 1 heterocycles. The summed E-state index contributed by atoms with van der Waals surface area (Å²) in [6, 6.07) is 11.6. The fourth-order valence-corrected chi connectivity index (χ4v) is 3.96. The quantitative estimate of drug-likeness (QED) is 0.885. The van der Waals surface area contributed by atoms with Gasteiger partial charge >= 0.3 is 0 Å². The number of nitrogens with one attached hydrogen (secondary N) is 1. The minimum atomic E-state index is 0.561. The van der Waals surface area contributed by atoms with Gasteiger partial charge in [0.05, 0.1) is 0 Å². The molecule has 0 radical (unpaired) electrons. The predicted molar refractivity (Wildman–Crippen MR) is 89.3 cm³/mol. The first kappa shape index (κ1) is 15.1. The number of nitrogens with zero attached hydrogens (tertiary/aromatic N) is 1. The van der Waals surface area contributed by atoms with Gasteiger partial charge in [-0.05, 0) is 30.2 Å². The summed E-state index contributed by atoms with van der Waals surface area (Å²) in [6.07, 6.45) is 8.46. The standard InChI is InChI=1S/C19H30N2/c1-19(11-6-3-7-12-19)16-20-18-10-13-21(15-18)14-17-8-4-2-5-9-17/h2,4-5,8-9,18,20H,3,6-7,10-16H2,1H3. The third kappa shape index (κ3) is 4.31. The van der Waals surface area contributed by atoms with Crippen LogP contribution in [0.25, 0.3) is 0 Å². The van der Waals surface area contributed by atoms with E-state index in [1.165, 1.54) is 63.7 Å². The molecule has 116 valence electrons. The van der Waals surface area contributed by atoms with E-state index in [2.05, 4.69) is 47.5 Å². The Morgan fingerprint density at radius 2 is 1.90 bits per heavy atom. The van der Waals surface area contributed by atoms with Crippen molar-refractivity contribution in [3.63, 3.8) is 0 Å². The molecule has 1 aromatic carbocycles. The number of benzene rings is 1. The first-order valence-corrected chi connectivity index (χ1v) is 8.73. The molecule has 2 nitrogen and oxygen atoms in total. The van der Waals surface area contributed by atoms with Gasteiger partial charge in [0.15, 0.2) is 0 Å². The third-order valence-electron chi connectivity index (χ3n) is 5.40. The molecule has 1 N–H and O–H groups in total. The lowest BCUT2D eigenvalue weighted by Gasteiger charge is -2.35. The smallest absolute Gasteiger partial charge is 0.0234 e. The van der Waals surface area contributed by atoms with Gasteiger partial charge in [-0.15, -0.1) is 0 Å². The van der Waals surface area contributed by atoms with Crippen molar-refractivity contribution < 1.29 is 0 Å². The highest BCUT2D eigenvalue weighted by Gasteiger charge is 2.29. The second kappa shape index (κ2) is 6.93. The van der Waals surface area contributed by atoms with Crippen LogP contribution >= 0.6 is 0 Å². The molecule has 1 aromatic rings. The molecule has 1 saturated carbocycles. The zero-order valence-electron chi connectivity index (χ0n) is 13.5. The Labute approximate surface area is 129 Å². The van der Waals surface area contributed by atoms with E-state index in [1.807, 2.05) is 0 Å². The van der Waals surface area contributed by atoms with Crippen molar-refractivity contribution >= 4 is 0 Å². The van der Waals surface area contributed by atoms with Crippen LogP contribution in [0.5, 0.6) is 0 Å². The van der Waals surface area contributed by atoms with Gasteiger partial charge in [0.1, 0.15) is 0 Å². The topological polar surface area (TPSA) is 15.3 Å². The summed E-state index contributed by atoms with van der Waals surface area (Å²) in [5.41, 5.74) is 2.00. The molecule has 1 aliphatic heterocycles. The van der Waals surface area contributed by atoms with Crippen LogP contribution in [0.15, 0.2) is 30.3 Å². The molecule has 2 fully saturated rings. The highest BCUT2D eigenvalue weighted by atomic mass is 15.2. The Morgan fingerprint density at radius 3 is 2.67 bits per heavy atom. The van der Waals surface area contributed by atoms with Crippen molar-refractivity contribution in [1.82, 2.24) is 10.2 Å². The van der Waals surface area contributed by atoms with Crippen molar-refractivity contribution in [3.8, 4) is 0 Å². The Morgan fingerprint density at radius 1 is 1.14 bits per heavy atom. The molecular formula is C19H30N2. The van der Waals surface area contributed by atoms with E-state index in [0.717, 1.165) is 6.54 Å². The lowest BCUT2D eigenvalue weighted by Crippen LogP contribution is -2.40. The number of hydrogen-bond donors (Lipinski definition) is 1. The lowest BCUT2D eigenvalue weighted by molar-refractivity contribution is 0.199. The molecule has 2 aliphatic rings. The van der Waals surface area contributed by atoms with Crippen LogP contribution < -0.4 is 5.32 Å². The predicted octanol–water partition coefficient (Wildman–Crippen LogP) is 3.82. The van der Waals surface area contributed by atoms with Crippen LogP contribution in [0.4, 0.5) is 0 Å². The Balaban J connectivity index is 1.42.